The SMILES string of the molecule is CCCc1nc(C(=O)O)c2ccccc2n1. The Labute approximate surface area is 93.0 Å². The highest BCUT2D eigenvalue weighted by molar-refractivity contribution is 6.00. The van der Waals surface area contributed by atoms with Gasteiger partial charge in [0, 0.05) is 11.8 Å². The molecule has 2 aromatic rings. The predicted octanol–water partition coefficient (Wildman–Crippen LogP) is 2.28. The summed E-state index contributed by atoms with van der Waals surface area (Å²) in [6, 6.07) is 7.17. The van der Waals surface area contributed by atoms with E-state index in [1.54, 1.807) is 12.1 Å². The van der Waals surface area contributed by atoms with Crippen LogP contribution in [0.3, 0.4) is 0 Å². The number of rotatable bonds is 3. The van der Waals surface area contributed by atoms with Gasteiger partial charge in [-0.2, -0.15) is 0 Å². The number of fused-ring (bicyclic) bond motifs is 1. The van der Waals surface area contributed by atoms with Gasteiger partial charge < -0.3 is 5.11 Å². The third-order valence-electron chi connectivity index (χ3n) is 2.33. The van der Waals surface area contributed by atoms with Crippen LogP contribution in [0, 0.1) is 0 Å². The van der Waals surface area contributed by atoms with E-state index in [9.17, 15) is 4.79 Å². The van der Waals surface area contributed by atoms with Crippen LogP contribution in [0.1, 0.15) is 29.7 Å². The molecule has 0 saturated carbocycles. The molecule has 0 bridgehead atoms. The third-order valence-corrected chi connectivity index (χ3v) is 2.33. The number of aromatic nitrogens is 2. The molecule has 4 heteroatoms. The highest BCUT2D eigenvalue weighted by Crippen LogP contribution is 2.16. The van der Waals surface area contributed by atoms with E-state index >= 15 is 0 Å². The fourth-order valence-electron chi connectivity index (χ4n) is 1.62. The zero-order chi connectivity index (χ0) is 11.5. The van der Waals surface area contributed by atoms with E-state index in [-0.39, 0.29) is 5.69 Å². The molecular formula is C12H12N2O2. The number of aryl methyl sites for hydroxylation is 1. The lowest BCUT2D eigenvalue weighted by molar-refractivity contribution is 0.0692. The first-order valence-corrected chi connectivity index (χ1v) is 5.21. The van der Waals surface area contributed by atoms with Gasteiger partial charge in [0.05, 0.1) is 5.52 Å². The summed E-state index contributed by atoms with van der Waals surface area (Å²) in [5, 5.41) is 9.68. The number of hydrogen-bond donors (Lipinski definition) is 1. The average molecular weight is 216 g/mol. The zero-order valence-electron chi connectivity index (χ0n) is 8.97. The Bertz CT molecular complexity index is 538. The van der Waals surface area contributed by atoms with Gasteiger partial charge in [0.25, 0.3) is 0 Å². The Hall–Kier alpha value is -1.97. The predicted molar refractivity (Wildman–Crippen MR) is 60.5 cm³/mol. The summed E-state index contributed by atoms with van der Waals surface area (Å²) in [7, 11) is 0. The van der Waals surface area contributed by atoms with Gasteiger partial charge in [-0.25, -0.2) is 14.8 Å². The van der Waals surface area contributed by atoms with Gasteiger partial charge >= 0.3 is 5.97 Å². The molecule has 0 aliphatic heterocycles. The molecule has 2 rings (SSSR count). The topological polar surface area (TPSA) is 63.1 Å². The lowest BCUT2D eigenvalue weighted by Gasteiger charge is -2.04. The summed E-state index contributed by atoms with van der Waals surface area (Å²) in [5.41, 5.74) is 0.785. The minimum Gasteiger partial charge on any atom is -0.476 e. The maximum atomic E-state index is 11.1. The molecule has 0 amide bonds. The molecule has 0 fully saturated rings. The second kappa shape index (κ2) is 4.26. The molecule has 1 N–H and O–H groups in total. The number of carbonyl (C=O) groups is 1. The highest BCUT2D eigenvalue weighted by atomic mass is 16.4. The molecular weight excluding hydrogens is 204 g/mol. The van der Waals surface area contributed by atoms with Crippen LogP contribution >= 0.6 is 0 Å². The minimum absolute atomic E-state index is 0.0917. The van der Waals surface area contributed by atoms with E-state index in [2.05, 4.69) is 9.97 Å². The van der Waals surface area contributed by atoms with Crippen LogP contribution < -0.4 is 0 Å². The molecule has 0 spiro atoms. The van der Waals surface area contributed by atoms with Crippen molar-refractivity contribution < 1.29 is 9.90 Å². The largest absolute Gasteiger partial charge is 0.476 e. The van der Waals surface area contributed by atoms with Gasteiger partial charge in [0.2, 0.25) is 0 Å². The molecule has 0 atom stereocenters. The molecule has 1 aromatic carbocycles. The Kier molecular flexibility index (Phi) is 2.81. The molecule has 0 saturated heterocycles. The summed E-state index contributed by atoms with van der Waals surface area (Å²) < 4.78 is 0. The van der Waals surface area contributed by atoms with Gasteiger partial charge in [-0.3, -0.25) is 0 Å². The van der Waals surface area contributed by atoms with E-state index in [1.807, 2.05) is 19.1 Å². The van der Waals surface area contributed by atoms with E-state index in [1.165, 1.54) is 0 Å². The van der Waals surface area contributed by atoms with E-state index in [4.69, 9.17) is 5.11 Å². The number of para-hydroxylation sites is 1. The lowest BCUT2D eigenvalue weighted by atomic mass is 10.1. The molecule has 0 aliphatic carbocycles. The van der Waals surface area contributed by atoms with Crippen molar-refractivity contribution in [3.8, 4) is 0 Å². The fraction of sp³-hybridized carbons (Fsp3) is 0.250. The van der Waals surface area contributed by atoms with Gasteiger partial charge in [-0.15, -0.1) is 0 Å². The first-order chi connectivity index (χ1) is 7.72. The monoisotopic (exact) mass is 216 g/mol. The van der Waals surface area contributed by atoms with E-state index < -0.39 is 5.97 Å². The van der Waals surface area contributed by atoms with Crippen LogP contribution in [0.5, 0.6) is 0 Å². The first-order valence-electron chi connectivity index (χ1n) is 5.21. The Morgan fingerprint density at radius 1 is 1.31 bits per heavy atom. The Balaban J connectivity index is 2.68. The molecule has 1 aromatic heterocycles. The van der Waals surface area contributed by atoms with Crippen molar-refractivity contribution in [2.24, 2.45) is 0 Å². The normalized spacial score (nSPS) is 10.6. The van der Waals surface area contributed by atoms with Crippen molar-refractivity contribution in [1.82, 2.24) is 9.97 Å². The third kappa shape index (κ3) is 1.86. The maximum Gasteiger partial charge on any atom is 0.355 e. The molecule has 0 radical (unpaired) electrons. The molecule has 0 unspecified atom stereocenters. The van der Waals surface area contributed by atoms with Crippen molar-refractivity contribution in [3.05, 3.63) is 35.8 Å². The number of carboxylic acid groups (broad SMARTS) is 1. The Morgan fingerprint density at radius 2 is 2.06 bits per heavy atom. The summed E-state index contributed by atoms with van der Waals surface area (Å²) in [4.78, 5) is 19.5. The van der Waals surface area contributed by atoms with Crippen LogP contribution in [0.15, 0.2) is 24.3 Å². The number of aromatic carboxylic acids is 1. The quantitative estimate of drug-likeness (QED) is 0.854. The van der Waals surface area contributed by atoms with Gasteiger partial charge in [-0.05, 0) is 12.5 Å². The van der Waals surface area contributed by atoms with Crippen molar-refractivity contribution in [1.29, 1.82) is 0 Å². The average Bonchev–Trinajstić information content (AvgIpc) is 2.28. The smallest absolute Gasteiger partial charge is 0.355 e. The van der Waals surface area contributed by atoms with Gasteiger partial charge in [0.1, 0.15) is 5.82 Å². The van der Waals surface area contributed by atoms with Gasteiger partial charge in [0.15, 0.2) is 5.69 Å². The standard InChI is InChI=1S/C12H12N2O2/c1-2-5-10-13-9-7-4-3-6-8(9)11(14-10)12(15)16/h3-4,6-7H,2,5H2,1H3,(H,15,16). The molecule has 1 heterocycles. The van der Waals surface area contributed by atoms with E-state index in [0.717, 1.165) is 6.42 Å². The first kappa shape index (κ1) is 10.5. The second-order valence-electron chi connectivity index (χ2n) is 3.56. The summed E-state index contributed by atoms with van der Waals surface area (Å²) in [6.45, 7) is 2.01. The molecule has 4 nitrogen and oxygen atoms in total. The molecule has 0 aliphatic rings. The summed E-state index contributed by atoms with van der Waals surface area (Å²) in [6.07, 6.45) is 1.60. The number of benzene rings is 1. The zero-order valence-corrected chi connectivity index (χ0v) is 8.97. The van der Waals surface area contributed by atoms with Crippen LogP contribution in [-0.2, 0) is 6.42 Å². The number of hydrogen-bond acceptors (Lipinski definition) is 3. The van der Waals surface area contributed by atoms with Crippen LogP contribution in [0.4, 0.5) is 0 Å². The van der Waals surface area contributed by atoms with Crippen LogP contribution in [0.25, 0.3) is 10.9 Å². The van der Waals surface area contributed by atoms with Gasteiger partial charge in [-0.1, -0.05) is 25.1 Å². The number of carboxylic acids is 1. The van der Waals surface area contributed by atoms with Crippen LogP contribution in [0.2, 0.25) is 0 Å². The van der Waals surface area contributed by atoms with Crippen molar-refractivity contribution in [2.75, 3.05) is 0 Å². The Morgan fingerprint density at radius 3 is 2.75 bits per heavy atom. The number of nitrogens with zero attached hydrogens (tertiary/aromatic N) is 2. The van der Waals surface area contributed by atoms with E-state index in [0.29, 0.717) is 23.1 Å². The summed E-state index contributed by atoms with van der Waals surface area (Å²) in [5.74, 6) is -0.408. The lowest BCUT2D eigenvalue weighted by Crippen LogP contribution is -2.06. The maximum absolute atomic E-state index is 11.1. The fourth-order valence-corrected chi connectivity index (χ4v) is 1.62. The molecule has 82 valence electrons. The summed E-state index contributed by atoms with van der Waals surface area (Å²) >= 11 is 0. The van der Waals surface area contributed by atoms with Crippen molar-refractivity contribution in [3.63, 3.8) is 0 Å². The van der Waals surface area contributed by atoms with Crippen LogP contribution in [-0.4, -0.2) is 21.0 Å². The second-order valence-corrected chi connectivity index (χ2v) is 3.56. The minimum atomic E-state index is -1.00. The highest BCUT2D eigenvalue weighted by Gasteiger charge is 2.12. The van der Waals surface area contributed by atoms with Crippen molar-refractivity contribution >= 4 is 16.9 Å². The molecule has 16 heavy (non-hydrogen) atoms. The van der Waals surface area contributed by atoms with Crippen molar-refractivity contribution in [2.45, 2.75) is 19.8 Å².